The summed E-state index contributed by atoms with van der Waals surface area (Å²) < 4.78 is 72.3. The normalized spacial score (nSPS) is 47.2. The van der Waals surface area contributed by atoms with Crippen molar-refractivity contribution in [3.63, 3.8) is 0 Å². The molecule has 0 spiro atoms. The van der Waals surface area contributed by atoms with Crippen LogP contribution in [0, 0.1) is 0 Å². The number of halogens is 5. The molecule has 3 unspecified atom stereocenters. The molecule has 2 nitrogen and oxygen atoms in total. The summed E-state index contributed by atoms with van der Waals surface area (Å²) in [6.07, 6.45) is -5.57. The van der Waals surface area contributed by atoms with Gasteiger partial charge in [0.2, 0.25) is 0 Å². The molecule has 0 radical (unpaired) electrons. The first kappa shape index (κ1) is 12.6. The van der Waals surface area contributed by atoms with Crippen LogP contribution in [0.4, 0.5) is 22.0 Å². The van der Waals surface area contributed by atoms with Gasteiger partial charge in [-0.3, -0.25) is 0 Å². The molecule has 0 aromatic carbocycles. The van der Waals surface area contributed by atoms with E-state index in [0.29, 0.717) is 13.8 Å². The molecular weight excluding hydrogens is 223 g/mol. The summed E-state index contributed by atoms with van der Waals surface area (Å²) in [6.45, 7) is 2.19. The van der Waals surface area contributed by atoms with Gasteiger partial charge in [-0.2, -0.15) is 13.2 Å². The topological polar surface area (TPSA) is 18.5 Å². The van der Waals surface area contributed by atoms with Gasteiger partial charge in [0.05, 0.1) is 0 Å². The molecule has 90 valence electrons. The lowest BCUT2D eigenvalue weighted by Gasteiger charge is -2.26. The van der Waals surface area contributed by atoms with Gasteiger partial charge >= 0.3 is 6.18 Å². The molecule has 1 aliphatic rings. The van der Waals surface area contributed by atoms with Crippen LogP contribution in [0.15, 0.2) is 0 Å². The fourth-order valence-electron chi connectivity index (χ4n) is 1.37. The van der Waals surface area contributed by atoms with E-state index in [2.05, 4.69) is 9.47 Å². The molecule has 0 amide bonds. The average molecular weight is 234 g/mol. The van der Waals surface area contributed by atoms with Gasteiger partial charge in [0.15, 0.2) is 0 Å². The predicted octanol–water partition coefficient (Wildman–Crippen LogP) is 3.07. The number of rotatable bonds is 1. The van der Waals surface area contributed by atoms with Crippen molar-refractivity contribution in [2.75, 3.05) is 0 Å². The van der Waals surface area contributed by atoms with E-state index >= 15 is 0 Å². The lowest BCUT2D eigenvalue weighted by atomic mass is 10.1. The van der Waals surface area contributed by atoms with Crippen LogP contribution in [-0.4, -0.2) is 23.7 Å². The van der Waals surface area contributed by atoms with Gasteiger partial charge in [0, 0.05) is 13.3 Å². The largest absolute Gasteiger partial charge is 0.443 e. The molecule has 1 heterocycles. The third-order valence-electron chi connectivity index (χ3n) is 2.38. The Morgan fingerprint density at radius 3 is 1.73 bits per heavy atom. The molecule has 15 heavy (non-hydrogen) atoms. The second kappa shape index (κ2) is 3.04. The molecule has 1 saturated heterocycles. The fourth-order valence-corrected chi connectivity index (χ4v) is 1.37. The minimum atomic E-state index is -5.00. The lowest BCUT2D eigenvalue weighted by Crippen LogP contribution is -2.44. The van der Waals surface area contributed by atoms with Gasteiger partial charge in [-0.1, -0.05) is 6.92 Å². The summed E-state index contributed by atoms with van der Waals surface area (Å²) in [5.74, 6) is -9.45. The first-order valence-electron chi connectivity index (χ1n) is 4.32. The lowest BCUT2D eigenvalue weighted by molar-refractivity contribution is -0.360. The third kappa shape index (κ3) is 1.71. The van der Waals surface area contributed by atoms with Crippen molar-refractivity contribution in [2.24, 2.45) is 0 Å². The highest BCUT2D eigenvalue weighted by Gasteiger charge is 2.72. The number of ether oxygens (including phenoxy) is 2. The maximum atomic E-state index is 13.6. The van der Waals surface area contributed by atoms with Crippen molar-refractivity contribution >= 4 is 0 Å². The second-order valence-electron chi connectivity index (χ2n) is 3.65. The van der Waals surface area contributed by atoms with Gasteiger partial charge in [0.1, 0.15) is 0 Å². The SMILES string of the molecule is CCC1(F)OC(C)(C(F)(F)F)OC1(C)F. The highest BCUT2D eigenvalue weighted by atomic mass is 19.4. The average Bonchev–Trinajstić information content (AvgIpc) is 2.18. The zero-order chi connectivity index (χ0) is 12.1. The molecule has 0 saturated carbocycles. The molecule has 0 aromatic rings. The summed E-state index contributed by atoms with van der Waals surface area (Å²) in [7, 11) is 0. The molecular formula is C8H11F5O2. The Labute approximate surface area is 83.3 Å². The highest BCUT2D eigenvalue weighted by molar-refractivity contribution is 4.95. The predicted molar refractivity (Wildman–Crippen MR) is 40.3 cm³/mol. The van der Waals surface area contributed by atoms with E-state index < -0.39 is 30.1 Å². The summed E-state index contributed by atoms with van der Waals surface area (Å²) in [4.78, 5) is 0. The van der Waals surface area contributed by atoms with E-state index in [1.54, 1.807) is 0 Å². The summed E-state index contributed by atoms with van der Waals surface area (Å²) >= 11 is 0. The highest BCUT2D eigenvalue weighted by Crippen LogP contribution is 2.53. The molecule has 1 aliphatic heterocycles. The molecule has 0 aliphatic carbocycles. The minimum Gasteiger partial charge on any atom is -0.300 e. The van der Waals surface area contributed by atoms with Crippen molar-refractivity contribution in [2.45, 2.75) is 50.9 Å². The van der Waals surface area contributed by atoms with E-state index in [0.717, 1.165) is 0 Å². The van der Waals surface area contributed by atoms with Crippen molar-refractivity contribution in [1.29, 1.82) is 0 Å². The quantitative estimate of drug-likeness (QED) is 0.649. The molecule has 7 heteroatoms. The van der Waals surface area contributed by atoms with E-state index in [1.165, 1.54) is 6.92 Å². The van der Waals surface area contributed by atoms with E-state index in [1.807, 2.05) is 0 Å². The van der Waals surface area contributed by atoms with Crippen molar-refractivity contribution in [3.05, 3.63) is 0 Å². The van der Waals surface area contributed by atoms with Gasteiger partial charge < -0.3 is 9.47 Å². The first-order valence-corrected chi connectivity index (χ1v) is 4.32. The van der Waals surface area contributed by atoms with E-state index in [-0.39, 0.29) is 0 Å². The summed E-state index contributed by atoms with van der Waals surface area (Å²) in [5.41, 5.74) is 0. The third-order valence-corrected chi connectivity index (χ3v) is 2.38. The Morgan fingerprint density at radius 1 is 1.07 bits per heavy atom. The van der Waals surface area contributed by atoms with Gasteiger partial charge in [0.25, 0.3) is 17.5 Å². The van der Waals surface area contributed by atoms with Crippen LogP contribution >= 0.6 is 0 Å². The fraction of sp³-hybridized carbons (Fsp3) is 1.00. The van der Waals surface area contributed by atoms with Gasteiger partial charge in [-0.05, 0) is 6.92 Å². The van der Waals surface area contributed by atoms with Crippen molar-refractivity contribution < 1.29 is 31.4 Å². The number of hydrogen-bond donors (Lipinski definition) is 0. The number of alkyl halides is 5. The zero-order valence-electron chi connectivity index (χ0n) is 8.41. The molecule has 1 fully saturated rings. The molecule has 0 aromatic heterocycles. The van der Waals surface area contributed by atoms with Crippen LogP contribution in [0.1, 0.15) is 27.2 Å². The summed E-state index contributed by atoms with van der Waals surface area (Å²) in [5, 5.41) is 0. The maximum Gasteiger partial charge on any atom is 0.443 e. The Kier molecular flexibility index (Phi) is 2.56. The van der Waals surface area contributed by atoms with Crippen molar-refractivity contribution in [1.82, 2.24) is 0 Å². The van der Waals surface area contributed by atoms with E-state index in [4.69, 9.17) is 0 Å². The number of hydrogen-bond acceptors (Lipinski definition) is 2. The van der Waals surface area contributed by atoms with Gasteiger partial charge in [-0.15, -0.1) is 0 Å². The van der Waals surface area contributed by atoms with Crippen LogP contribution in [0.3, 0.4) is 0 Å². The van der Waals surface area contributed by atoms with E-state index in [9.17, 15) is 22.0 Å². The van der Waals surface area contributed by atoms with Gasteiger partial charge in [-0.25, -0.2) is 8.78 Å². The molecule has 3 atom stereocenters. The van der Waals surface area contributed by atoms with Crippen molar-refractivity contribution in [3.8, 4) is 0 Å². The Bertz CT molecular complexity index is 264. The monoisotopic (exact) mass is 234 g/mol. The standard InChI is InChI=1S/C8H11F5O2/c1-4-7(10)5(2,9)14-6(3,15-7)8(11,12)13/h4H2,1-3H3. The summed E-state index contributed by atoms with van der Waals surface area (Å²) in [6, 6.07) is 0. The maximum absolute atomic E-state index is 13.6. The Morgan fingerprint density at radius 2 is 1.53 bits per heavy atom. The Balaban J connectivity index is 3.07. The zero-order valence-corrected chi connectivity index (χ0v) is 8.41. The van der Waals surface area contributed by atoms with Crippen LogP contribution in [0.2, 0.25) is 0 Å². The smallest absolute Gasteiger partial charge is 0.300 e. The van der Waals surface area contributed by atoms with Crippen LogP contribution < -0.4 is 0 Å². The second-order valence-corrected chi connectivity index (χ2v) is 3.65. The molecule has 1 rings (SSSR count). The van der Waals surface area contributed by atoms with Crippen LogP contribution in [0.5, 0.6) is 0 Å². The van der Waals surface area contributed by atoms with Crippen LogP contribution in [0.25, 0.3) is 0 Å². The minimum absolute atomic E-state index is 0.446. The molecule has 0 bridgehead atoms. The molecule has 0 N–H and O–H groups in total. The Hall–Kier alpha value is -0.430. The van der Waals surface area contributed by atoms with Crippen LogP contribution in [-0.2, 0) is 9.47 Å². The first-order chi connectivity index (χ1) is 6.47.